The van der Waals surface area contributed by atoms with Gasteiger partial charge in [-0.2, -0.15) is 0 Å². The van der Waals surface area contributed by atoms with Crippen LogP contribution < -0.4 is 0 Å². The Labute approximate surface area is 123 Å². The molecule has 4 heteroatoms. The van der Waals surface area contributed by atoms with Crippen LogP contribution in [-0.4, -0.2) is 21.1 Å². The van der Waals surface area contributed by atoms with E-state index in [4.69, 9.17) is 0 Å². The largest absolute Gasteiger partial charge is 0.335 e. The van der Waals surface area contributed by atoms with Crippen molar-refractivity contribution < 1.29 is 4.79 Å². The van der Waals surface area contributed by atoms with E-state index in [2.05, 4.69) is 28.6 Å². The first-order valence-electron chi connectivity index (χ1n) is 7.04. The van der Waals surface area contributed by atoms with Crippen molar-refractivity contribution in [3.05, 3.63) is 48.0 Å². The van der Waals surface area contributed by atoms with E-state index in [1.165, 1.54) is 10.5 Å². The van der Waals surface area contributed by atoms with Gasteiger partial charge in [0, 0.05) is 29.6 Å². The SMILES string of the molecule is CCCn1ccnc1CC(=O)C1CSc2ccccc21. The molecule has 20 heavy (non-hydrogen) atoms. The summed E-state index contributed by atoms with van der Waals surface area (Å²) in [5, 5.41) is 0. The molecule has 0 bridgehead atoms. The molecular weight excluding hydrogens is 268 g/mol. The molecule has 0 amide bonds. The quantitative estimate of drug-likeness (QED) is 0.846. The number of aromatic nitrogens is 2. The summed E-state index contributed by atoms with van der Waals surface area (Å²) in [6.07, 6.45) is 5.24. The summed E-state index contributed by atoms with van der Waals surface area (Å²) in [7, 11) is 0. The number of benzene rings is 1. The second-order valence-corrected chi connectivity index (χ2v) is 6.14. The van der Waals surface area contributed by atoms with Gasteiger partial charge in [0.05, 0.1) is 12.3 Å². The van der Waals surface area contributed by atoms with E-state index in [9.17, 15) is 4.79 Å². The van der Waals surface area contributed by atoms with Gasteiger partial charge in [-0.25, -0.2) is 4.98 Å². The number of thioether (sulfide) groups is 1. The fourth-order valence-electron chi connectivity index (χ4n) is 2.66. The van der Waals surface area contributed by atoms with Crippen LogP contribution in [0, 0.1) is 0 Å². The highest BCUT2D eigenvalue weighted by Crippen LogP contribution is 2.40. The van der Waals surface area contributed by atoms with Crippen LogP contribution in [0.4, 0.5) is 0 Å². The third kappa shape index (κ3) is 2.52. The molecule has 0 N–H and O–H groups in total. The van der Waals surface area contributed by atoms with Crippen LogP contribution >= 0.6 is 11.8 Å². The second-order valence-electron chi connectivity index (χ2n) is 5.08. The predicted octanol–water partition coefficient (Wildman–Crippen LogP) is 3.29. The molecular formula is C16H18N2OS. The maximum absolute atomic E-state index is 12.6. The van der Waals surface area contributed by atoms with E-state index in [1.54, 1.807) is 18.0 Å². The van der Waals surface area contributed by atoms with Crippen LogP contribution in [0.5, 0.6) is 0 Å². The molecule has 1 aliphatic rings. The highest BCUT2D eigenvalue weighted by molar-refractivity contribution is 7.99. The lowest BCUT2D eigenvalue weighted by Crippen LogP contribution is -2.17. The van der Waals surface area contributed by atoms with Crippen molar-refractivity contribution in [3.63, 3.8) is 0 Å². The van der Waals surface area contributed by atoms with Crippen LogP contribution in [0.25, 0.3) is 0 Å². The number of hydrogen-bond acceptors (Lipinski definition) is 3. The van der Waals surface area contributed by atoms with Crippen LogP contribution in [0.3, 0.4) is 0 Å². The molecule has 2 aromatic rings. The molecule has 1 atom stereocenters. The molecule has 0 aliphatic carbocycles. The molecule has 1 aliphatic heterocycles. The third-order valence-electron chi connectivity index (χ3n) is 3.69. The molecule has 0 saturated carbocycles. The highest BCUT2D eigenvalue weighted by Gasteiger charge is 2.29. The van der Waals surface area contributed by atoms with Gasteiger partial charge in [0.1, 0.15) is 11.6 Å². The van der Waals surface area contributed by atoms with Gasteiger partial charge >= 0.3 is 0 Å². The van der Waals surface area contributed by atoms with E-state index in [-0.39, 0.29) is 11.7 Å². The third-order valence-corrected chi connectivity index (χ3v) is 4.87. The number of carbonyl (C=O) groups is 1. The standard InChI is InChI=1S/C16H18N2OS/c1-2-8-18-9-7-17-16(18)10-14(19)13-11-20-15-6-4-3-5-12(13)15/h3-7,9,13H,2,8,10-11H2,1H3. The van der Waals surface area contributed by atoms with Crippen LogP contribution in [0.15, 0.2) is 41.6 Å². The number of Topliss-reactive ketones (excluding diaryl/α,β-unsaturated/α-hetero) is 1. The topological polar surface area (TPSA) is 34.9 Å². The first-order valence-corrected chi connectivity index (χ1v) is 8.02. The lowest BCUT2D eigenvalue weighted by atomic mass is 9.95. The van der Waals surface area contributed by atoms with E-state index in [0.717, 1.165) is 24.5 Å². The predicted molar refractivity (Wildman–Crippen MR) is 81.1 cm³/mol. The van der Waals surface area contributed by atoms with Crippen LogP contribution in [0.2, 0.25) is 0 Å². The maximum atomic E-state index is 12.6. The van der Waals surface area contributed by atoms with Crippen LogP contribution in [-0.2, 0) is 17.8 Å². The number of nitrogens with zero attached hydrogens (tertiary/aromatic N) is 2. The molecule has 3 rings (SSSR count). The zero-order chi connectivity index (χ0) is 13.9. The van der Waals surface area contributed by atoms with Crippen molar-refractivity contribution in [2.24, 2.45) is 0 Å². The summed E-state index contributed by atoms with van der Waals surface area (Å²) in [5.74, 6) is 2.08. The normalized spacial score (nSPS) is 17.1. The number of rotatable bonds is 5. The van der Waals surface area contributed by atoms with Gasteiger partial charge in [-0.15, -0.1) is 11.8 Å². The van der Waals surface area contributed by atoms with E-state index >= 15 is 0 Å². The summed E-state index contributed by atoms with van der Waals surface area (Å²) in [6, 6.07) is 8.23. The van der Waals surface area contributed by atoms with Crippen molar-refractivity contribution in [2.45, 2.75) is 37.1 Å². The molecule has 104 valence electrons. The van der Waals surface area contributed by atoms with Gasteiger partial charge in [-0.3, -0.25) is 4.79 Å². The fraction of sp³-hybridized carbons (Fsp3) is 0.375. The average molecular weight is 286 g/mol. The van der Waals surface area contributed by atoms with E-state index in [1.807, 2.05) is 18.3 Å². The summed E-state index contributed by atoms with van der Waals surface area (Å²) >= 11 is 1.78. The molecule has 0 saturated heterocycles. The van der Waals surface area contributed by atoms with Gasteiger partial charge in [0.15, 0.2) is 0 Å². The molecule has 1 unspecified atom stereocenters. The molecule has 2 heterocycles. The zero-order valence-corrected chi connectivity index (χ0v) is 12.4. The van der Waals surface area contributed by atoms with E-state index in [0.29, 0.717) is 6.42 Å². The lowest BCUT2D eigenvalue weighted by Gasteiger charge is -2.10. The Morgan fingerprint density at radius 1 is 1.45 bits per heavy atom. The fourth-order valence-corrected chi connectivity index (χ4v) is 3.92. The van der Waals surface area contributed by atoms with Gasteiger partial charge in [-0.05, 0) is 18.1 Å². The summed E-state index contributed by atoms with van der Waals surface area (Å²) in [6.45, 7) is 3.06. The van der Waals surface area contributed by atoms with Crippen molar-refractivity contribution in [1.82, 2.24) is 9.55 Å². The smallest absolute Gasteiger partial charge is 0.148 e. The summed E-state index contributed by atoms with van der Waals surface area (Å²) in [4.78, 5) is 18.2. The first kappa shape index (κ1) is 13.4. The Bertz CT molecular complexity index is 620. The second kappa shape index (κ2) is 5.83. The summed E-state index contributed by atoms with van der Waals surface area (Å²) in [5.41, 5.74) is 1.19. The van der Waals surface area contributed by atoms with Crippen molar-refractivity contribution in [1.29, 1.82) is 0 Å². The Balaban J connectivity index is 1.76. The summed E-state index contributed by atoms with van der Waals surface area (Å²) < 4.78 is 2.09. The monoisotopic (exact) mass is 286 g/mol. The molecule has 1 aromatic carbocycles. The van der Waals surface area contributed by atoms with Crippen molar-refractivity contribution in [3.8, 4) is 0 Å². The van der Waals surface area contributed by atoms with Gasteiger partial charge in [-0.1, -0.05) is 25.1 Å². The highest BCUT2D eigenvalue weighted by atomic mass is 32.2. The van der Waals surface area contributed by atoms with Gasteiger partial charge < -0.3 is 4.57 Å². The number of hydrogen-bond donors (Lipinski definition) is 0. The number of aryl methyl sites for hydroxylation is 1. The minimum absolute atomic E-state index is 0.0305. The molecule has 0 spiro atoms. The number of fused-ring (bicyclic) bond motifs is 1. The van der Waals surface area contributed by atoms with Crippen LogP contribution in [0.1, 0.15) is 30.7 Å². The van der Waals surface area contributed by atoms with Crippen molar-refractivity contribution in [2.75, 3.05) is 5.75 Å². The molecule has 3 nitrogen and oxygen atoms in total. The lowest BCUT2D eigenvalue weighted by molar-refractivity contribution is -0.119. The number of carbonyl (C=O) groups excluding carboxylic acids is 1. The Morgan fingerprint density at radius 3 is 3.15 bits per heavy atom. The molecule has 0 fully saturated rings. The number of ketones is 1. The Hall–Kier alpha value is -1.55. The van der Waals surface area contributed by atoms with Gasteiger partial charge in [0.2, 0.25) is 0 Å². The Morgan fingerprint density at radius 2 is 2.30 bits per heavy atom. The number of imidazole rings is 1. The van der Waals surface area contributed by atoms with E-state index < -0.39 is 0 Å². The molecule has 1 aromatic heterocycles. The Kier molecular flexibility index (Phi) is 3.92. The average Bonchev–Trinajstić information content (AvgIpc) is 3.06. The minimum atomic E-state index is 0.0305. The zero-order valence-electron chi connectivity index (χ0n) is 11.6. The van der Waals surface area contributed by atoms with Gasteiger partial charge in [0.25, 0.3) is 0 Å². The first-order chi connectivity index (χ1) is 9.79. The molecule has 0 radical (unpaired) electrons. The minimum Gasteiger partial charge on any atom is -0.335 e. The maximum Gasteiger partial charge on any atom is 0.148 e. The van der Waals surface area contributed by atoms with Crippen molar-refractivity contribution >= 4 is 17.5 Å².